The fraction of sp³-hybridized carbons (Fsp3) is 0.571. The molecular weight excluding hydrogens is 184 g/mol. The Hall–Kier alpha value is -0.980. The molecule has 0 fully saturated rings. The van der Waals surface area contributed by atoms with Crippen molar-refractivity contribution in [3.8, 4) is 5.75 Å². The highest BCUT2D eigenvalue weighted by atomic mass is 16.5. The lowest BCUT2D eigenvalue weighted by atomic mass is 9.77. The fourth-order valence-electron chi connectivity index (χ4n) is 2.74. The highest BCUT2D eigenvalue weighted by Gasteiger charge is 2.24. The second kappa shape index (κ2) is 4.26. The number of rotatable bonds is 2. The summed E-state index contributed by atoms with van der Waals surface area (Å²) in [5.74, 6) is 2.54. The van der Waals surface area contributed by atoms with Crippen LogP contribution in [0.15, 0.2) is 18.2 Å². The van der Waals surface area contributed by atoms with Crippen molar-refractivity contribution in [1.29, 1.82) is 0 Å². The lowest BCUT2D eigenvalue weighted by molar-refractivity contribution is 0.390. The van der Waals surface area contributed by atoms with Crippen molar-refractivity contribution in [2.75, 3.05) is 7.11 Å². The number of fused-ring (bicyclic) bond motifs is 1. The summed E-state index contributed by atoms with van der Waals surface area (Å²) < 4.78 is 5.44. The Morgan fingerprint density at radius 2 is 2.13 bits per heavy atom. The van der Waals surface area contributed by atoms with Gasteiger partial charge in [0.05, 0.1) is 7.11 Å². The molecule has 2 rings (SSSR count). The van der Waals surface area contributed by atoms with Gasteiger partial charge in [-0.1, -0.05) is 26.0 Å². The molecule has 1 aromatic rings. The van der Waals surface area contributed by atoms with Gasteiger partial charge in [-0.3, -0.25) is 0 Å². The first-order valence-corrected chi connectivity index (χ1v) is 5.89. The molecule has 15 heavy (non-hydrogen) atoms. The third kappa shape index (κ3) is 1.88. The van der Waals surface area contributed by atoms with Crippen LogP contribution in [0.1, 0.15) is 43.7 Å². The standard InChI is InChI=1S/C14H20O/c1-10(2)11-6-4-8-13-12(11)7-5-9-14(13)15-3/h5,7,9-11H,4,6,8H2,1-3H3. The van der Waals surface area contributed by atoms with Gasteiger partial charge in [-0.25, -0.2) is 0 Å². The van der Waals surface area contributed by atoms with E-state index in [1.165, 1.54) is 30.4 Å². The van der Waals surface area contributed by atoms with Crippen LogP contribution >= 0.6 is 0 Å². The zero-order valence-electron chi connectivity index (χ0n) is 9.92. The first kappa shape index (κ1) is 10.5. The van der Waals surface area contributed by atoms with Crippen molar-refractivity contribution in [2.24, 2.45) is 5.92 Å². The second-order valence-electron chi connectivity index (χ2n) is 4.77. The van der Waals surface area contributed by atoms with Crippen LogP contribution < -0.4 is 4.74 Å². The maximum Gasteiger partial charge on any atom is 0.122 e. The maximum atomic E-state index is 5.44. The van der Waals surface area contributed by atoms with Gasteiger partial charge < -0.3 is 4.74 Å². The molecule has 0 aromatic heterocycles. The average molecular weight is 204 g/mol. The third-order valence-corrected chi connectivity index (χ3v) is 3.54. The topological polar surface area (TPSA) is 9.23 Å². The summed E-state index contributed by atoms with van der Waals surface area (Å²) in [5, 5.41) is 0. The van der Waals surface area contributed by atoms with E-state index in [0.29, 0.717) is 0 Å². The predicted octanol–water partition coefficient (Wildman–Crippen LogP) is 3.77. The highest BCUT2D eigenvalue weighted by Crippen LogP contribution is 2.40. The Morgan fingerprint density at radius 3 is 2.80 bits per heavy atom. The number of hydrogen-bond acceptors (Lipinski definition) is 1. The summed E-state index contributed by atoms with van der Waals surface area (Å²) in [6.07, 6.45) is 3.82. The minimum absolute atomic E-state index is 0.726. The molecule has 0 amide bonds. The Kier molecular flexibility index (Phi) is 2.99. The molecule has 0 saturated heterocycles. The number of methoxy groups -OCH3 is 1. The number of benzene rings is 1. The van der Waals surface area contributed by atoms with Gasteiger partial charge in [-0.05, 0) is 48.3 Å². The molecule has 82 valence electrons. The van der Waals surface area contributed by atoms with E-state index in [0.717, 1.165) is 17.6 Å². The molecule has 0 radical (unpaired) electrons. The monoisotopic (exact) mass is 204 g/mol. The van der Waals surface area contributed by atoms with Gasteiger partial charge in [0.15, 0.2) is 0 Å². The van der Waals surface area contributed by atoms with Crippen molar-refractivity contribution < 1.29 is 4.74 Å². The van der Waals surface area contributed by atoms with E-state index in [4.69, 9.17) is 4.74 Å². The van der Waals surface area contributed by atoms with E-state index < -0.39 is 0 Å². The molecule has 0 aliphatic heterocycles. The van der Waals surface area contributed by atoms with E-state index in [-0.39, 0.29) is 0 Å². The van der Waals surface area contributed by atoms with Crippen LogP contribution in [0.4, 0.5) is 0 Å². The van der Waals surface area contributed by atoms with Crippen molar-refractivity contribution in [3.63, 3.8) is 0 Å². The van der Waals surface area contributed by atoms with Crippen LogP contribution in [-0.2, 0) is 6.42 Å². The molecule has 0 spiro atoms. The summed E-state index contributed by atoms with van der Waals surface area (Å²) in [6.45, 7) is 4.64. The zero-order valence-corrected chi connectivity index (χ0v) is 9.92. The normalized spacial score (nSPS) is 20.1. The predicted molar refractivity (Wildman–Crippen MR) is 63.5 cm³/mol. The van der Waals surface area contributed by atoms with Crippen LogP contribution in [-0.4, -0.2) is 7.11 Å². The smallest absolute Gasteiger partial charge is 0.122 e. The lowest BCUT2D eigenvalue weighted by Crippen LogP contribution is -2.15. The largest absolute Gasteiger partial charge is 0.496 e. The Balaban J connectivity index is 2.44. The molecule has 0 bridgehead atoms. The number of ether oxygens (including phenoxy) is 1. The summed E-state index contributed by atoms with van der Waals surface area (Å²) in [6, 6.07) is 6.49. The van der Waals surface area contributed by atoms with Gasteiger partial charge >= 0.3 is 0 Å². The first-order valence-electron chi connectivity index (χ1n) is 5.89. The van der Waals surface area contributed by atoms with Gasteiger partial charge in [-0.15, -0.1) is 0 Å². The molecule has 1 unspecified atom stereocenters. The quantitative estimate of drug-likeness (QED) is 0.712. The molecule has 0 saturated carbocycles. The Labute approximate surface area is 92.5 Å². The van der Waals surface area contributed by atoms with Crippen molar-refractivity contribution in [3.05, 3.63) is 29.3 Å². The molecule has 1 aliphatic rings. The Morgan fingerprint density at radius 1 is 1.33 bits per heavy atom. The zero-order chi connectivity index (χ0) is 10.8. The maximum absolute atomic E-state index is 5.44. The van der Waals surface area contributed by atoms with Gasteiger partial charge in [0.25, 0.3) is 0 Å². The average Bonchev–Trinajstić information content (AvgIpc) is 2.27. The first-order chi connectivity index (χ1) is 7.24. The molecule has 0 N–H and O–H groups in total. The van der Waals surface area contributed by atoms with Gasteiger partial charge in [0.1, 0.15) is 5.75 Å². The minimum atomic E-state index is 0.726. The van der Waals surface area contributed by atoms with Crippen molar-refractivity contribution in [1.82, 2.24) is 0 Å². The van der Waals surface area contributed by atoms with Crippen LogP contribution in [0.5, 0.6) is 5.75 Å². The second-order valence-corrected chi connectivity index (χ2v) is 4.77. The van der Waals surface area contributed by atoms with Crippen LogP contribution in [0.2, 0.25) is 0 Å². The highest BCUT2D eigenvalue weighted by molar-refractivity contribution is 5.43. The molecule has 1 heteroatoms. The molecular formula is C14H20O. The molecule has 1 aromatic carbocycles. The molecule has 1 nitrogen and oxygen atoms in total. The summed E-state index contributed by atoms with van der Waals surface area (Å²) >= 11 is 0. The van der Waals surface area contributed by atoms with E-state index in [9.17, 15) is 0 Å². The van der Waals surface area contributed by atoms with E-state index in [2.05, 4.69) is 32.0 Å². The van der Waals surface area contributed by atoms with Crippen LogP contribution in [0.3, 0.4) is 0 Å². The van der Waals surface area contributed by atoms with E-state index >= 15 is 0 Å². The SMILES string of the molecule is COc1cccc2c1CCCC2C(C)C. The summed E-state index contributed by atoms with van der Waals surface area (Å²) in [4.78, 5) is 0. The molecule has 1 aliphatic carbocycles. The van der Waals surface area contributed by atoms with Gasteiger partial charge in [0, 0.05) is 0 Å². The fourth-order valence-corrected chi connectivity index (χ4v) is 2.74. The minimum Gasteiger partial charge on any atom is -0.496 e. The summed E-state index contributed by atoms with van der Waals surface area (Å²) in [7, 11) is 1.77. The van der Waals surface area contributed by atoms with Gasteiger partial charge in [-0.2, -0.15) is 0 Å². The van der Waals surface area contributed by atoms with Crippen molar-refractivity contribution in [2.45, 2.75) is 39.0 Å². The summed E-state index contributed by atoms with van der Waals surface area (Å²) in [5.41, 5.74) is 2.97. The lowest BCUT2D eigenvalue weighted by Gasteiger charge is -2.29. The van der Waals surface area contributed by atoms with E-state index in [1.54, 1.807) is 7.11 Å². The van der Waals surface area contributed by atoms with Crippen molar-refractivity contribution >= 4 is 0 Å². The third-order valence-electron chi connectivity index (χ3n) is 3.54. The van der Waals surface area contributed by atoms with Gasteiger partial charge in [0.2, 0.25) is 0 Å². The number of hydrogen-bond donors (Lipinski definition) is 0. The Bertz CT molecular complexity index is 341. The molecule has 0 heterocycles. The molecule has 1 atom stereocenters. The van der Waals surface area contributed by atoms with Crippen LogP contribution in [0, 0.1) is 5.92 Å². The van der Waals surface area contributed by atoms with E-state index in [1.807, 2.05) is 0 Å². The van der Waals surface area contributed by atoms with Crippen LogP contribution in [0.25, 0.3) is 0 Å².